The minimum Gasteiger partial charge on any atom is -0.394 e. The predicted molar refractivity (Wildman–Crippen MR) is 63.3 cm³/mol. The highest BCUT2D eigenvalue weighted by Crippen LogP contribution is 2.29. The van der Waals surface area contributed by atoms with Gasteiger partial charge in [0.05, 0.1) is 19.4 Å². The molecule has 3 rings (SSSR count). The molecule has 7 N–H and O–H groups in total. The van der Waals surface area contributed by atoms with Crippen LogP contribution in [-0.2, 0) is 9.53 Å². The Balaban J connectivity index is 1.76. The third kappa shape index (κ3) is 2.09. The largest absolute Gasteiger partial charge is 0.394 e. The Bertz CT molecular complexity index is 402. The van der Waals surface area contributed by atoms with Crippen LogP contribution in [0.2, 0.25) is 0 Å². The summed E-state index contributed by atoms with van der Waals surface area (Å²) in [7, 11) is 0. The molecule has 0 aromatic rings. The molecule has 20 heavy (non-hydrogen) atoms. The van der Waals surface area contributed by atoms with Crippen LogP contribution in [0.4, 0.5) is 4.39 Å². The summed E-state index contributed by atoms with van der Waals surface area (Å²) in [6.07, 6.45) is -6.32. The van der Waals surface area contributed by atoms with Crippen LogP contribution >= 0.6 is 0 Å². The molecule has 3 aliphatic rings. The van der Waals surface area contributed by atoms with Crippen LogP contribution < -0.4 is 21.7 Å². The maximum absolute atomic E-state index is 13.8. The monoisotopic (exact) mass is 291 g/mol. The first-order valence-corrected chi connectivity index (χ1v) is 6.42. The fourth-order valence-electron chi connectivity index (χ4n) is 2.88. The lowest BCUT2D eigenvalue weighted by atomic mass is 10.1. The smallest absolute Gasteiger partial charge is 0.242 e. The zero-order valence-corrected chi connectivity index (χ0v) is 10.6. The normalized spacial score (nSPS) is 49.2. The lowest BCUT2D eigenvalue weighted by Crippen LogP contribution is -2.71. The molecular formula is C10H18FN5O4. The summed E-state index contributed by atoms with van der Waals surface area (Å²) >= 11 is 0. The van der Waals surface area contributed by atoms with Gasteiger partial charge in [-0.15, -0.1) is 0 Å². The molecule has 7 atom stereocenters. The number of rotatable bonds is 2. The summed E-state index contributed by atoms with van der Waals surface area (Å²) in [5, 5.41) is 27.3. The molecule has 3 fully saturated rings. The number of alkyl halides is 1. The summed E-state index contributed by atoms with van der Waals surface area (Å²) in [4.78, 5) is 13.4. The van der Waals surface area contributed by atoms with E-state index in [2.05, 4.69) is 16.0 Å². The van der Waals surface area contributed by atoms with E-state index in [9.17, 15) is 14.3 Å². The summed E-state index contributed by atoms with van der Waals surface area (Å²) in [5.41, 5.74) is 5.64. The van der Waals surface area contributed by atoms with E-state index < -0.39 is 49.7 Å². The number of hydrogen-bond donors (Lipinski definition) is 6. The Morgan fingerprint density at radius 2 is 2.30 bits per heavy atom. The van der Waals surface area contributed by atoms with Crippen LogP contribution in [0.1, 0.15) is 0 Å². The van der Waals surface area contributed by atoms with E-state index in [1.54, 1.807) is 4.90 Å². The number of nitrogens with two attached hydrogens (primary N) is 1. The van der Waals surface area contributed by atoms with Crippen molar-refractivity contribution in [3.63, 3.8) is 0 Å². The third-order valence-corrected chi connectivity index (χ3v) is 3.89. The number of carbonyl (C=O) groups excluding carboxylic acids is 1. The standard InChI is InChI=1S/C10H18FN5O4/c11-4-3(1-17)20-9(6(4)18)16-2-13-5-7(16)14-10(12)15-8(5)19/h3-7,9-10,13-14,17-18H,1-2,12H2,(H,15,19)/t3-,4-,5?,6-,7?,9-,10?/m1/s1. The van der Waals surface area contributed by atoms with Crippen molar-refractivity contribution in [2.75, 3.05) is 13.3 Å². The Morgan fingerprint density at radius 1 is 1.55 bits per heavy atom. The number of halogens is 1. The van der Waals surface area contributed by atoms with E-state index in [0.717, 1.165) is 0 Å². The van der Waals surface area contributed by atoms with Crippen molar-refractivity contribution >= 4 is 5.91 Å². The second kappa shape index (κ2) is 5.15. The fraction of sp³-hybridized carbons (Fsp3) is 0.900. The lowest BCUT2D eigenvalue weighted by molar-refractivity contribution is -0.133. The number of fused-ring (bicyclic) bond motifs is 1. The van der Waals surface area contributed by atoms with Crippen LogP contribution in [-0.4, -0.2) is 77.4 Å². The molecular weight excluding hydrogens is 273 g/mol. The first-order chi connectivity index (χ1) is 9.52. The molecule has 1 amide bonds. The van der Waals surface area contributed by atoms with Gasteiger partial charge in [-0.05, 0) is 0 Å². The predicted octanol–water partition coefficient (Wildman–Crippen LogP) is -4.08. The van der Waals surface area contributed by atoms with Gasteiger partial charge in [0.15, 0.2) is 6.17 Å². The van der Waals surface area contributed by atoms with Gasteiger partial charge in [-0.2, -0.15) is 0 Å². The topological polar surface area (TPSA) is 132 Å². The van der Waals surface area contributed by atoms with Crippen molar-refractivity contribution in [3.05, 3.63) is 0 Å². The number of carbonyl (C=O) groups is 1. The van der Waals surface area contributed by atoms with Crippen molar-refractivity contribution in [2.45, 2.75) is 43.1 Å². The second-order valence-corrected chi connectivity index (χ2v) is 5.13. The number of aliphatic hydroxyl groups excluding tert-OH is 2. The summed E-state index contributed by atoms with van der Waals surface area (Å²) in [6, 6.07) is -0.558. The first-order valence-electron chi connectivity index (χ1n) is 6.42. The molecule has 0 radical (unpaired) electrons. The summed E-state index contributed by atoms with van der Waals surface area (Å²) in [5.74, 6) is -0.272. The van der Waals surface area contributed by atoms with Crippen LogP contribution in [0.5, 0.6) is 0 Å². The highest BCUT2D eigenvalue weighted by atomic mass is 19.1. The molecule has 0 aromatic carbocycles. The molecule has 10 heteroatoms. The SMILES string of the molecule is NC1NC(=O)C2NCN([C@@H]3O[C@H](CO)[C@@H](F)[C@H]3O)C2N1. The average molecular weight is 291 g/mol. The first kappa shape index (κ1) is 14.1. The molecule has 114 valence electrons. The average Bonchev–Trinajstić information content (AvgIpc) is 2.93. The van der Waals surface area contributed by atoms with Gasteiger partial charge in [0.2, 0.25) is 5.91 Å². The zero-order chi connectivity index (χ0) is 14.4. The van der Waals surface area contributed by atoms with E-state index in [0.29, 0.717) is 0 Å². The van der Waals surface area contributed by atoms with Crippen molar-refractivity contribution in [3.8, 4) is 0 Å². The second-order valence-electron chi connectivity index (χ2n) is 5.13. The highest BCUT2D eigenvalue weighted by molar-refractivity contribution is 5.84. The molecule has 3 saturated heterocycles. The number of aliphatic hydroxyl groups is 2. The van der Waals surface area contributed by atoms with Crippen LogP contribution in [0, 0.1) is 0 Å². The van der Waals surface area contributed by atoms with E-state index in [1.165, 1.54) is 0 Å². The zero-order valence-electron chi connectivity index (χ0n) is 10.6. The molecule has 3 heterocycles. The number of hydrogen-bond acceptors (Lipinski definition) is 8. The van der Waals surface area contributed by atoms with Crippen LogP contribution in [0.15, 0.2) is 0 Å². The molecule has 0 saturated carbocycles. The maximum atomic E-state index is 13.8. The van der Waals surface area contributed by atoms with Crippen molar-refractivity contribution in [1.82, 2.24) is 20.9 Å². The van der Waals surface area contributed by atoms with E-state index in [-0.39, 0.29) is 12.6 Å². The van der Waals surface area contributed by atoms with Gasteiger partial charge in [-0.1, -0.05) is 0 Å². The number of nitrogens with zero attached hydrogens (tertiary/aromatic N) is 1. The minimum atomic E-state index is -1.67. The Labute approximate surface area is 114 Å². The van der Waals surface area contributed by atoms with E-state index in [1.807, 2.05) is 0 Å². The Hall–Kier alpha value is -0.880. The molecule has 0 aromatic heterocycles. The van der Waals surface area contributed by atoms with Gasteiger partial charge in [0.1, 0.15) is 30.8 Å². The molecule has 3 unspecified atom stereocenters. The highest BCUT2D eigenvalue weighted by Gasteiger charge is 2.53. The van der Waals surface area contributed by atoms with Gasteiger partial charge in [0, 0.05) is 0 Å². The van der Waals surface area contributed by atoms with Crippen molar-refractivity contribution < 1.29 is 24.1 Å². The fourth-order valence-corrected chi connectivity index (χ4v) is 2.88. The molecule has 0 bridgehead atoms. The van der Waals surface area contributed by atoms with Crippen molar-refractivity contribution in [2.24, 2.45) is 5.73 Å². The summed E-state index contributed by atoms with van der Waals surface area (Å²) in [6.45, 7) is -0.285. The van der Waals surface area contributed by atoms with Gasteiger partial charge >= 0.3 is 0 Å². The quantitative estimate of drug-likeness (QED) is 0.303. The molecule has 9 nitrogen and oxygen atoms in total. The molecule has 3 aliphatic heterocycles. The summed E-state index contributed by atoms with van der Waals surface area (Å²) < 4.78 is 19.1. The van der Waals surface area contributed by atoms with Gasteiger partial charge in [0.25, 0.3) is 0 Å². The minimum absolute atomic E-state index is 0.231. The number of nitrogens with one attached hydrogen (secondary N) is 3. The number of ether oxygens (including phenoxy) is 1. The van der Waals surface area contributed by atoms with Crippen LogP contribution in [0.3, 0.4) is 0 Å². The van der Waals surface area contributed by atoms with E-state index >= 15 is 0 Å². The van der Waals surface area contributed by atoms with Crippen molar-refractivity contribution in [1.29, 1.82) is 0 Å². The maximum Gasteiger partial charge on any atom is 0.242 e. The molecule has 0 spiro atoms. The van der Waals surface area contributed by atoms with Gasteiger partial charge < -0.3 is 20.3 Å². The third-order valence-electron chi connectivity index (χ3n) is 3.89. The Morgan fingerprint density at radius 3 is 2.95 bits per heavy atom. The Kier molecular flexibility index (Phi) is 3.62. The van der Waals surface area contributed by atoms with Crippen LogP contribution in [0.25, 0.3) is 0 Å². The van der Waals surface area contributed by atoms with Gasteiger partial charge in [-0.3, -0.25) is 21.2 Å². The molecule has 0 aliphatic carbocycles. The number of amides is 1. The van der Waals surface area contributed by atoms with E-state index in [4.69, 9.17) is 15.6 Å². The lowest BCUT2D eigenvalue weighted by Gasteiger charge is -2.37. The van der Waals surface area contributed by atoms with Gasteiger partial charge in [-0.25, -0.2) is 9.29 Å².